The SMILES string of the molecule is Cc1cccc(Nc2ncc(Cl)c3c2C(=O)NC3)c1. The molecule has 0 saturated carbocycles. The van der Waals surface area contributed by atoms with Gasteiger partial charge in [-0.1, -0.05) is 23.7 Å². The van der Waals surface area contributed by atoms with Crippen molar-refractivity contribution in [1.82, 2.24) is 10.3 Å². The first kappa shape index (κ1) is 12.0. The molecule has 0 bridgehead atoms. The number of rotatable bonds is 2. The van der Waals surface area contributed by atoms with Crippen molar-refractivity contribution in [2.45, 2.75) is 13.5 Å². The van der Waals surface area contributed by atoms with Crippen molar-refractivity contribution in [3.05, 3.63) is 52.2 Å². The molecule has 0 fully saturated rings. The number of fused-ring (bicyclic) bond motifs is 1. The normalized spacial score (nSPS) is 13.1. The third kappa shape index (κ3) is 2.15. The molecule has 2 heterocycles. The maximum absolute atomic E-state index is 11.8. The van der Waals surface area contributed by atoms with E-state index in [0.717, 1.165) is 16.8 Å². The molecule has 0 aliphatic carbocycles. The van der Waals surface area contributed by atoms with E-state index in [1.165, 1.54) is 0 Å². The number of anilines is 2. The van der Waals surface area contributed by atoms with Crippen molar-refractivity contribution < 1.29 is 4.79 Å². The van der Waals surface area contributed by atoms with Gasteiger partial charge in [0.15, 0.2) is 0 Å². The van der Waals surface area contributed by atoms with Crippen LogP contribution in [-0.4, -0.2) is 10.9 Å². The van der Waals surface area contributed by atoms with Gasteiger partial charge in [0.2, 0.25) is 0 Å². The molecule has 2 N–H and O–H groups in total. The lowest BCUT2D eigenvalue weighted by Gasteiger charge is -2.10. The Kier molecular flexibility index (Phi) is 2.87. The Morgan fingerprint density at radius 2 is 2.26 bits per heavy atom. The Labute approximate surface area is 115 Å². The van der Waals surface area contributed by atoms with Crippen LogP contribution in [0.25, 0.3) is 0 Å². The molecule has 0 unspecified atom stereocenters. The van der Waals surface area contributed by atoms with E-state index in [9.17, 15) is 4.79 Å². The molecule has 0 atom stereocenters. The molecule has 1 aromatic carbocycles. The third-order valence-electron chi connectivity index (χ3n) is 3.07. The van der Waals surface area contributed by atoms with Crippen molar-refractivity contribution >= 4 is 29.0 Å². The molecular weight excluding hydrogens is 262 g/mol. The van der Waals surface area contributed by atoms with Crippen LogP contribution in [0.3, 0.4) is 0 Å². The van der Waals surface area contributed by atoms with Gasteiger partial charge in [-0.25, -0.2) is 4.98 Å². The average molecular weight is 274 g/mol. The Morgan fingerprint density at radius 1 is 1.42 bits per heavy atom. The lowest BCUT2D eigenvalue weighted by atomic mass is 10.1. The summed E-state index contributed by atoms with van der Waals surface area (Å²) in [4.78, 5) is 16.1. The van der Waals surface area contributed by atoms with Crippen molar-refractivity contribution in [2.75, 3.05) is 5.32 Å². The fourth-order valence-corrected chi connectivity index (χ4v) is 2.36. The van der Waals surface area contributed by atoms with Crippen LogP contribution in [0.4, 0.5) is 11.5 Å². The third-order valence-corrected chi connectivity index (χ3v) is 3.39. The molecule has 1 aliphatic rings. The number of hydrogen-bond donors (Lipinski definition) is 2. The van der Waals surface area contributed by atoms with Gasteiger partial charge in [0.25, 0.3) is 5.91 Å². The highest BCUT2D eigenvalue weighted by Crippen LogP contribution is 2.30. The number of nitrogens with zero attached hydrogens (tertiary/aromatic N) is 1. The number of pyridine rings is 1. The van der Waals surface area contributed by atoms with Crippen LogP contribution in [0.1, 0.15) is 21.5 Å². The number of halogens is 1. The minimum Gasteiger partial charge on any atom is -0.348 e. The summed E-state index contributed by atoms with van der Waals surface area (Å²) in [6.07, 6.45) is 1.57. The maximum atomic E-state index is 11.8. The number of carbonyl (C=O) groups excluding carboxylic acids is 1. The van der Waals surface area contributed by atoms with Crippen LogP contribution < -0.4 is 10.6 Å². The molecule has 4 nitrogen and oxygen atoms in total. The quantitative estimate of drug-likeness (QED) is 0.884. The van der Waals surface area contributed by atoms with Gasteiger partial charge in [0.1, 0.15) is 5.82 Å². The van der Waals surface area contributed by atoms with Crippen LogP contribution in [0.5, 0.6) is 0 Å². The molecular formula is C14H12ClN3O. The summed E-state index contributed by atoms with van der Waals surface area (Å²) in [6, 6.07) is 7.89. The predicted octanol–water partition coefficient (Wildman–Crippen LogP) is 3.03. The summed E-state index contributed by atoms with van der Waals surface area (Å²) in [7, 11) is 0. The van der Waals surface area contributed by atoms with Crippen LogP contribution >= 0.6 is 11.6 Å². The van der Waals surface area contributed by atoms with Crippen molar-refractivity contribution in [1.29, 1.82) is 0 Å². The van der Waals surface area contributed by atoms with E-state index < -0.39 is 0 Å². The van der Waals surface area contributed by atoms with E-state index in [1.54, 1.807) is 6.20 Å². The minimum absolute atomic E-state index is 0.139. The lowest BCUT2D eigenvalue weighted by Crippen LogP contribution is -2.14. The monoisotopic (exact) mass is 273 g/mol. The Bertz CT molecular complexity index is 670. The highest BCUT2D eigenvalue weighted by atomic mass is 35.5. The van der Waals surface area contributed by atoms with Gasteiger partial charge in [-0.05, 0) is 24.6 Å². The van der Waals surface area contributed by atoms with Gasteiger partial charge in [-0.15, -0.1) is 0 Å². The first-order chi connectivity index (χ1) is 9.15. The van der Waals surface area contributed by atoms with Gasteiger partial charge in [-0.2, -0.15) is 0 Å². The summed E-state index contributed by atoms with van der Waals surface area (Å²) >= 11 is 6.05. The van der Waals surface area contributed by atoms with Gasteiger partial charge in [0.05, 0.1) is 10.6 Å². The van der Waals surface area contributed by atoms with E-state index >= 15 is 0 Å². The molecule has 3 rings (SSSR count). The lowest BCUT2D eigenvalue weighted by molar-refractivity contribution is 0.0966. The molecule has 0 radical (unpaired) electrons. The second kappa shape index (κ2) is 4.55. The van der Waals surface area contributed by atoms with Crippen LogP contribution in [0, 0.1) is 6.92 Å². The molecule has 19 heavy (non-hydrogen) atoms. The highest BCUT2D eigenvalue weighted by Gasteiger charge is 2.26. The fourth-order valence-electron chi connectivity index (χ4n) is 2.15. The maximum Gasteiger partial charge on any atom is 0.255 e. The topological polar surface area (TPSA) is 54.0 Å². The zero-order valence-corrected chi connectivity index (χ0v) is 11.1. The van der Waals surface area contributed by atoms with Crippen molar-refractivity contribution in [3.8, 4) is 0 Å². The standard InChI is InChI=1S/C14H12ClN3O/c1-8-3-2-4-9(5-8)18-13-12-10(6-17-14(12)19)11(15)7-16-13/h2-5,7H,6H2,1H3,(H,16,18)(H,17,19). The van der Waals surface area contributed by atoms with Crippen LogP contribution in [-0.2, 0) is 6.54 Å². The number of benzene rings is 1. The van der Waals surface area contributed by atoms with Gasteiger partial charge < -0.3 is 10.6 Å². The molecule has 5 heteroatoms. The van der Waals surface area contributed by atoms with E-state index in [0.29, 0.717) is 22.9 Å². The zero-order valence-electron chi connectivity index (χ0n) is 10.3. The Balaban J connectivity index is 2.03. The van der Waals surface area contributed by atoms with Gasteiger partial charge in [0, 0.05) is 24.0 Å². The number of amides is 1. The summed E-state index contributed by atoms with van der Waals surface area (Å²) in [6.45, 7) is 2.47. The number of carbonyl (C=O) groups is 1. The van der Waals surface area contributed by atoms with Crippen molar-refractivity contribution in [2.24, 2.45) is 0 Å². The Hall–Kier alpha value is -2.07. The second-order valence-corrected chi connectivity index (χ2v) is 4.89. The molecule has 96 valence electrons. The second-order valence-electron chi connectivity index (χ2n) is 4.49. The van der Waals surface area contributed by atoms with Gasteiger partial charge >= 0.3 is 0 Å². The van der Waals surface area contributed by atoms with E-state index in [4.69, 9.17) is 11.6 Å². The molecule has 1 aliphatic heterocycles. The van der Waals surface area contributed by atoms with Crippen LogP contribution in [0.2, 0.25) is 5.02 Å². The minimum atomic E-state index is -0.139. The van der Waals surface area contributed by atoms with Crippen molar-refractivity contribution in [3.63, 3.8) is 0 Å². The van der Waals surface area contributed by atoms with E-state index in [-0.39, 0.29) is 5.91 Å². The highest BCUT2D eigenvalue weighted by molar-refractivity contribution is 6.32. The molecule has 0 saturated heterocycles. The zero-order chi connectivity index (χ0) is 13.4. The van der Waals surface area contributed by atoms with Crippen LogP contribution in [0.15, 0.2) is 30.5 Å². The molecule has 0 spiro atoms. The molecule has 2 aromatic rings. The average Bonchev–Trinajstić information content (AvgIpc) is 2.77. The Morgan fingerprint density at radius 3 is 3.05 bits per heavy atom. The molecule has 1 aromatic heterocycles. The van der Waals surface area contributed by atoms with Gasteiger partial charge in [-0.3, -0.25) is 4.79 Å². The number of hydrogen-bond acceptors (Lipinski definition) is 3. The largest absolute Gasteiger partial charge is 0.348 e. The summed E-state index contributed by atoms with van der Waals surface area (Å²) in [5, 5.41) is 6.45. The van der Waals surface area contributed by atoms with E-state index in [1.807, 2.05) is 31.2 Å². The number of aromatic nitrogens is 1. The summed E-state index contributed by atoms with van der Waals surface area (Å²) in [5.41, 5.74) is 3.38. The van der Waals surface area contributed by atoms with E-state index in [2.05, 4.69) is 15.6 Å². The smallest absolute Gasteiger partial charge is 0.255 e. The summed E-state index contributed by atoms with van der Waals surface area (Å²) in [5.74, 6) is 0.403. The number of aryl methyl sites for hydroxylation is 1. The fraction of sp³-hybridized carbons (Fsp3) is 0.143. The first-order valence-electron chi connectivity index (χ1n) is 5.94. The first-order valence-corrected chi connectivity index (χ1v) is 6.32. The predicted molar refractivity (Wildman–Crippen MR) is 74.9 cm³/mol. The summed E-state index contributed by atoms with van der Waals surface area (Å²) < 4.78 is 0. The number of nitrogens with one attached hydrogen (secondary N) is 2. The molecule has 1 amide bonds.